The van der Waals surface area contributed by atoms with Gasteiger partial charge in [0.25, 0.3) is 0 Å². The van der Waals surface area contributed by atoms with E-state index in [1.54, 1.807) is 5.57 Å². The molecular formula is C23H33BrNO+. The quantitative estimate of drug-likeness (QED) is 0.251. The fourth-order valence-electron chi connectivity index (χ4n) is 5.58. The van der Waals surface area contributed by atoms with Gasteiger partial charge < -0.3 is 0 Å². The highest BCUT2D eigenvalue weighted by Gasteiger charge is 2.50. The van der Waals surface area contributed by atoms with Crippen LogP contribution in [0.4, 0.5) is 0 Å². The zero-order chi connectivity index (χ0) is 18.6. The van der Waals surface area contributed by atoms with Gasteiger partial charge in [0, 0.05) is 12.8 Å². The van der Waals surface area contributed by atoms with Crippen LogP contribution in [0.1, 0.15) is 57.9 Å². The summed E-state index contributed by atoms with van der Waals surface area (Å²) in [6.45, 7) is 5.57. The van der Waals surface area contributed by atoms with Crippen LogP contribution in [0, 0.1) is 23.2 Å². The van der Waals surface area contributed by atoms with Gasteiger partial charge in [0.2, 0.25) is 0 Å². The highest BCUT2D eigenvalue weighted by atomic mass is 79.9. The van der Waals surface area contributed by atoms with E-state index in [0.29, 0.717) is 17.9 Å². The number of fused-ring (bicyclic) bond motifs is 1. The molecule has 2 aliphatic carbocycles. The summed E-state index contributed by atoms with van der Waals surface area (Å²) in [6, 6.07) is 10.4. The molecule has 1 unspecified atom stereocenters. The van der Waals surface area contributed by atoms with Gasteiger partial charge in [0.15, 0.2) is 12.8 Å². The summed E-state index contributed by atoms with van der Waals surface area (Å²) >= 11 is 3.61. The first-order valence-corrected chi connectivity index (χ1v) is 11.1. The van der Waals surface area contributed by atoms with E-state index < -0.39 is 0 Å². The molecule has 1 aromatic carbocycles. The number of rotatable bonds is 6. The van der Waals surface area contributed by atoms with Gasteiger partial charge in [-0.25, -0.2) is 0 Å². The van der Waals surface area contributed by atoms with Crippen molar-refractivity contribution in [3.05, 3.63) is 46.5 Å². The highest BCUT2D eigenvalue weighted by Crippen LogP contribution is 2.59. The molecule has 0 radical (unpaired) electrons. The molecule has 2 nitrogen and oxygen atoms in total. The number of allylic oxidation sites excluding steroid dienone is 1. The second-order valence-electron chi connectivity index (χ2n) is 8.57. The zero-order valence-electron chi connectivity index (χ0n) is 16.2. The number of hydrogen-bond acceptors (Lipinski definition) is 1. The van der Waals surface area contributed by atoms with Crippen molar-refractivity contribution in [3.63, 3.8) is 0 Å². The maximum absolute atomic E-state index is 10.2. The lowest BCUT2D eigenvalue weighted by molar-refractivity contribution is -0.771. The van der Waals surface area contributed by atoms with E-state index >= 15 is 0 Å². The molecule has 26 heavy (non-hydrogen) atoms. The third-order valence-corrected chi connectivity index (χ3v) is 7.61. The van der Waals surface area contributed by atoms with Crippen molar-refractivity contribution >= 4 is 22.1 Å². The standard InChI is InChI=1S/C23H33BrNO/c1-18(12-15-25(26)16-13-19-7-4-3-5-8-19)21-10-11-22-20(17-24)9-6-14-23(21,22)2/h3-5,7-8,15,17-18,21-22,26H,6,9-14,16H2,1-2H3/q+1/b20-17+,25-15-/t18-,21-,22?,23-/m1/s1. The van der Waals surface area contributed by atoms with Gasteiger partial charge >= 0.3 is 0 Å². The summed E-state index contributed by atoms with van der Waals surface area (Å²) < 4.78 is 1.41. The molecule has 0 spiro atoms. The molecule has 0 aromatic heterocycles. The molecule has 0 aliphatic heterocycles. The molecule has 0 saturated heterocycles. The third-order valence-electron chi connectivity index (χ3n) is 7.03. The minimum Gasteiger partial charge on any atom is -0.291 e. The van der Waals surface area contributed by atoms with E-state index in [0.717, 1.165) is 24.7 Å². The van der Waals surface area contributed by atoms with Crippen LogP contribution in [0.15, 0.2) is 40.9 Å². The fourth-order valence-corrected chi connectivity index (χ4v) is 6.13. The molecule has 0 amide bonds. The lowest BCUT2D eigenvalue weighted by Gasteiger charge is -2.44. The Kier molecular flexibility index (Phi) is 6.60. The summed E-state index contributed by atoms with van der Waals surface area (Å²) in [6.07, 6.45) is 10.5. The lowest BCUT2D eigenvalue weighted by Crippen LogP contribution is -2.36. The van der Waals surface area contributed by atoms with E-state index in [2.05, 4.69) is 59.0 Å². The van der Waals surface area contributed by atoms with Gasteiger partial charge in [-0.2, -0.15) is 0 Å². The number of nitrogens with zero attached hydrogens (tertiary/aromatic N) is 1. The van der Waals surface area contributed by atoms with Gasteiger partial charge in [0.1, 0.15) is 0 Å². The Morgan fingerprint density at radius 3 is 2.81 bits per heavy atom. The van der Waals surface area contributed by atoms with Crippen LogP contribution in [-0.4, -0.2) is 22.7 Å². The predicted octanol–water partition coefficient (Wildman–Crippen LogP) is 6.22. The van der Waals surface area contributed by atoms with Crippen LogP contribution in [0.5, 0.6) is 0 Å². The minimum atomic E-state index is 0.440. The average molecular weight is 419 g/mol. The Morgan fingerprint density at radius 2 is 2.08 bits per heavy atom. The van der Waals surface area contributed by atoms with E-state index in [4.69, 9.17) is 0 Å². The van der Waals surface area contributed by atoms with Crippen molar-refractivity contribution in [2.75, 3.05) is 6.54 Å². The van der Waals surface area contributed by atoms with Crippen molar-refractivity contribution in [2.45, 2.75) is 58.8 Å². The smallest absolute Gasteiger partial charge is 0.196 e. The summed E-state index contributed by atoms with van der Waals surface area (Å²) in [5, 5.41) is 10.2. The van der Waals surface area contributed by atoms with Gasteiger partial charge in [-0.05, 0) is 70.6 Å². The number of hydrogen-bond donors (Lipinski definition) is 1. The Labute approximate surface area is 167 Å². The number of benzene rings is 1. The van der Waals surface area contributed by atoms with Crippen LogP contribution in [0.25, 0.3) is 0 Å². The third kappa shape index (κ3) is 4.24. The highest BCUT2D eigenvalue weighted by molar-refractivity contribution is 9.11. The molecule has 3 rings (SSSR count). The predicted molar refractivity (Wildman–Crippen MR) is 112 cm³/mol. The number of hydroxylamine groups is 1. The van der Waals surface area contributed by atoms with E-state index in [9.17, 15) is 5.21 Å². The molecule has 3 heteroatoms. The maximum Gasteiger partial charge on any atom is 0.196 e. The molecule has 2 fully saturated rings. The Hall–Kier alpha value is -1.09. The first-order valence-electron chi connectivity index (χ1n) is 10.2. The first kappa shape index (κ1) is 19.7. The van der Waals surface area contributed by atoms with Crippen molar-refractivity contribution in [3.8, 4) is 0 Å². The molecule has 4 atom stereocenters. The monoisotopic (exact) mass is 418 g/mol. The van der Waals surface area contributed by atoms with Crippen LogP contribution >= 0.6 is 15.9 Å². The van der Waals surface area contributed by atoms with Crippen molar-refractivity contribution in [1.82, 2.24) is 0 Å². The van der Waals surface area contributed by atoms with Crippen molar-refractivity contribution in [2.24, 2.45) is 23.2 Å². The minimum absolute atomic E-state index is 0.440. The molecule has 142 valence electrons. The normalized spacial score (nSPS) is 31.8. The maximum atomic E-state index is 10.2. The molecular weight excluding hydrogens is 386 g/mol. The largest absolute Gasteiger partial charge is 0.291 e. The van der Waals surface area contributed by atoms with Crippen LogP contribution in [0.3, 0.4) is 0 Å². The van der Waals surface area contributed by atoms with Crippen molar-refractivity contribution in [1.29, 1.82) is 0 Å². The summed E-state index contributed by atoms with van der Waals surface area (Å²) in [5.41, 5.74) is 3.34. The van der Waals surface area contributed by atoms with Gasteiger partial charge in [-0.3, -0.25) is 5.21 Å². The average Bonchev–Trinajstić information content (AvgIpc) is 3.02. The second kappa shape index (κ2) is 8.73. The molecule has 0 bridgehead atoms. The van der Waals surface area contributed by atoms with Crippen LogP contribution < -0.4 is 0 Å². The summed E-state index contributed by atoms with van der Waals surface area (Å²) in [4.78, 5) is 2.20. The van der Waals surface area contributed by atoms with E-state index in [1.165, 1.54) is 42.4 Å². The molecule has 0 heterocycles. The van der Waals surface area contributed by atoms with E-state index in [-0.39, 0.29) is 0 Å². The second-order valence-corrected chi connectivity index (χ2v) is 9.03. The van der Waals surface area contributed by atoms with Crippen molar-refractivity contribution < 1.29 is 9.95 Å². The Morgan fingerprint density at radius 1 is 1.31 bits per heavy atom. The van der Waals surface area contributed by atoms with Crippen LogP contribution in [-0.2, 0) is 6.42 Å². The zero-order valence-corrected chi connectivity index (χ0v) is 17.8. The number of halogens is 1. The molecule has 2 aliphatic rings. The molecule has 1 N–H and O–H groups in total. The Balaban J connectivity index is 1.57. The van der Waals surface area contributed by atoms with Crippen LogP contribution in [0.2, 0.25) is 0 Å². The lowest BCUT2D eigenvalue weighted by atomic mass is 9.61. The van der Waals surface area contributed by atoms with E-state index in [1.807, 2.05) is 12.3 Å². The summed E-state index contributed by atoms with van der Waals surface area (Å²) in [7, 11) is 0. The Bertz CT molecular complexity index is 653. The topological polar surface area (TPSA) is 23.2 Å². The fraction of sp³-hybridized carbons (Fsp3) is 0.609. The first-order chi connectivity index (χ1) is 12.5. The SMILES string of the molecule is C[C@H](C/C=[N+](\O)CCc1ccccc1)[C@H]1CCC2/C(=C/Br)CCC[C@@]21C. The molecule has 1 aromatic rings. The van der Waals surface area contributed by atoms with Gasteiger partial charge in [-0.1, -0.05) is 65.7 Å². The molecule has 2 saturated carbocycles. The summed E-state index contributed by atoms with van der Waals surface area (Å²) in [5.74, 6) is 2.13. The van der Waals surface area contributed by atoms with Gasteiger partial charge in [0.05, 0.1) is 0 Å². The van der Waals surface area contributed by atoms with Gasteiger partial charge in [-0.15, -0.1) is 0 Å².